The minimum absolute atomic E-state index is 0.0154. The molecule has 0 aliphatic carbocycles. The molecule has 10 nitrogen and oxygen atoms in total. The Morgan fingerprint density at radius 1 is 0.959 bits per heavy atom. The summed E-state index contributed by atoms with van der Waals surface area (Å²) in [7, 11) is 0. The summed E-state index contributed by atoms with van der Waals surface area (Å²) in [6.07, 6.45) is 2.20. The number of carbonyl (C=O) groups excluding carboxylic acids is 2. The third-order valence-electron chi connectivity index (χ3n) is 10.6. The maximum absolute atomic E-state index is 15.0. The Morgan fingerprint density at radius 3 is 2.49 bits per heavy atom. The molecule has 1 fully saturated rings. The summed E-state index contributed by atoms with van der Waals surface area (Å²) >= 11 is 0. The van der Waals surface area contributed by atoms with E-state index >= 15 is 0 Å². The van der Waals surface area contributed by atoms with Gasteiger partial charge in [0, 0.05) is 54.2 Å². The van der Waals surface area contributed by atoms with E-state index in [0.717, 1.165) is 27.7 Å². The topological polar surface area (TPSA) is 121 Å². The molecule has 1 saturated heterocycles. The van der Waals surface area contributed by atoms with Crippen molar-refractivity contribution >= 4 is 39.6 Å². The molecule has 0 bridgehead atoms. The molecule has 5 aromatic rings. The number of fused-ring (bicyclic) bond motifs is 2. The van der Waals surface area contributed by atoms with Gasteiger partial charge in [0.25, 0.3) is 11.8 Å². The number of rotatable bonds is 9. The molecular formula is C39H39N5O5. The van der Waals surface area contributed by atoms with Crippen LogP contribution in [-0.2, 0) is 34.6 Å². The van der Waals surface area contributed by atoms with Crippen molar-refractivity contribution in [2.45, 2.75) is 64.0 Å². The van der Waals surface area contributed by atoms with E-state index in [-0.39, 0.29) is 18.4 Å². The average molecular weight is 658 g/mol. The summed E-state index contributed by atoms with van der Waals surface area (Å²) in [6.45, 7) is 6.34. The molecule has 0 radical (unpaired) electrons. The Labute approximate surface area is 284 Å². The van der Waals surface area contributed by atoms with Crippen molar-refractivity contribution < 1.29 is 24.5 Å². The lowest BCUT2D eigenvalue weighted by atomic mass is 9.70. The number of nitrogens with zero attached hydrogens (tertiary/aromatic N) is 5. The summed E-state index contributed by atoms with van der Waals surface area (Å²) in [4.78, 5) is 32.5. The zero-order valence-corrected chi connectivity index (χ0v) is 27.8. The molecule has 1 aromatic heterocycles. The highest BCUT2D eigenvalue weighted by Gasteiger charge is 2.65. The number of benzene rings is 4. The third kappa shape index (κ3) is 4.88. The molecule has 0 unspecified atom stereocenters. The first-order valence-electron chi connectivity index (χ1n) is 16.9. The number of aliphatic hydroxyl groups excluding tert-OH is 1. The lowest BCUT2D eigenvalue weighted by molar-refractivity contribution is -0.146. The molecular weight excluding hydrogens is 618 g/mol. The second kappa shape index (κ2) is 11.6. The minimum atomic E-state index is -1.40. The Balaban J connectivity index is 1.23. The first-order valence-corrected chi connectivity index (χ1v) is 16.9. The zero-order valence-electron chi connectivity index (χ0n) is 27.8. The van der Waals surface area contributed by atoms with Crippen LogP contribution in [0.1, 0.15) is 54.4 Å². The van der Waals surface area contributed by atoms with Crippen LogP contribution in [0.4, 0.5) is 17.1 Å². The quantitative estimate of drug-likeness (QED) is 0.214. The van der Waals surface area contributed by atoms with Crippen LogP contribution in [0.5, 0.6) is 0 Å². The first-order chi connectivity index (χ1) is 23.6. The molecule has 1 spiro atoms. The van der Waals surface area contributed by atoms with Gasteiger partial charge in [-0.25, -0.2) is 0 Å². The molecule has 49 heavy (non-hydrogen) atoms. The normalized spacial score (nSPS) is 23.0. The summed E-state index contributed by atoms with van der Waals surface area (Å²) in [5, 5.41) is 31.2. The molecule has 0 saturated carbocycles. The lowest BCUT2D eigenvalue weighted by Crippen LogP contribution is -2.46. The van der Waals surface area contributed by atoms with Gasteiger partial charge in [0.15, 0.2) is 5.60 Å². The molecule has 3 aliphatic rings. The number of ether oxygens (including phenoxy) is 1. The van der Waals surface area contributed by atoms with Crippen LogP contribution in [0.25, 0.3) is 10.8 Å². The van der Waals surface area contributed by atoms with Crippen LogP contribution in [0.3, 0.4) is 0 Å². The highest BCUT2D eigenvalue weighted by molar-refractivity contribution is 6.28. The Morgan fingerprint density at radius 2 is 1.73 bits per heavy atom. The van der Waals surface area contributed by atoms with Gasteiger partial charge in [-0.1, -0.05) is 66.7 Å². The second-order valence-electron chi connectivity index (χ2n) is 14.0. The monoisotopic (exact) mass is 657 g/mol. The van der Waals surface area contributed by atoms with Crippen LogP contribution >= 0.6 is 0 Å². The largest absolute Gasteiger partial charge is 0.396 e. The lowest BCUT2D eigenvalue weighted by Gasteiger charge is -2.34. The van der Waals surface area contributed by atoms with Gasteiger partial charge in [-0.15, -0.1) is 5.10 Å². The van der Waals surface area contributed by atoms with Crippen molar-refractivity contribution in [2.24, 2.45) is 11.8 Å². The molecule has 2 N–H and O–H groups in total. The van der Waals surface area contributed by atoms with Crippen molar-refractivity contribution in [3.63, 3.8) is 0 Å². The van der Waals surface area contributed by atoms with Crippen molar-refractivity contribution in [3.05, 3.63) is 114 Å². The Bertz CT molecular complexity index is 2080. The molecule has 10 heteroatoms. The van der Waals surface area contributed by atoms with Gasteiger partial charge in [0.1, 0.15) is 0 Å². The summed E-state index contributed by atoms with van der Waals surface area (Å²) < 4.78 is 8.77. The van der Waals surface area contributed by atoms with Crippen molar-refractivity contribution in [3.8, 4) is 0 Å². The Kier molecular flexibility index (Phi) is 7.44. The maximum atomic E-state index is 15.0. The number of anilines is 3. The number of aromatic nitrogens is 3. The van der Waals surface area contributed by atoms with Crippen LogP contribution in [-0.4, -0.2) is 55.3 Å². The SMILES string of the molecule is C[C@@H]1[C@@H](C(C)(C)O)[C@H](CCn2cc(CCO)nn2)O[C@@]12C(=O)N(Cc1ccccc1)c1ccc(N3C(=O)c4cccc5cccc3c45)cc12. The van der Waals surface area contributed by atoms with E-state index in [1.807, 2.05) is 91.9 Å². The number of amides is 2. The second-order valence-corrected chi connectivity index (χ2v) is 14.0. The van der Waals surface area contributed by atoms with Gasteiger partial charge < -0.3 is 19.8 Å². The van der Waals surface area contributed by atoms with Gasteiger partial charge in [-0.05, 0) is 61.5 Å². The fraction of sp³-hybridized carbons (Fsp3) is 0.333. The predicted molar refractivity (Wildman–Crippen MR) is 185 cm³/mol. The maximum Gasteiger partial charge on any atom is 0.264 e. The highest BCUT2D eigenvalue weighted by Crippen LogP contribution is 2.59. The molecule has 3 aliphatic heterocycles. The van der Waals surface area contributed by atoms with Gasteiger partial charge in [-0.2, -0.15) is 0 Å². The van der Waals surface area contributed by atoms with Gasteiger partial charge in [-0.3, -0.25) is 19.2 Å². The van der Waals surface area contributed by atoms with Crippen LogP contribution < -0.4 is 9.80 Å². The minimum Gasteiger partial charge on any atom is -0.396 e. The highest BCUT2D eigenvalue weighted by atomic mass is 16.5. The van der Waals surface area contributed by atoms with E-state index in [0.29, 0.717) is 48.4 Å². The number of carbonyl (C=O) groups is 2. The molecule has 2 amide bonds. The van der Waals surface area contributed by atoms with Gasteiger partial charge in [0.2, 0.25) is 0 Å². The molecule has 8 rings (SSSR count). The molecule has 4 heterocycles. The fourth-order valence-corrected chi connectivity index (χ4v) is 8.51. The smallest absolute Gasteiger partial charge is 0.264 e. The van der Waals surface area contributed by atoms with Crippen molar-refractivity contribution in [1.82, 2.24) is 15.0 Å². The molecule has 4 aromatic carbocycles. The number of hydrogen-bond donors (Lipinski definition) is 2. The summed E-state index contributed by atoms with van der Waals surface area (Å²) in [6, 6.07) is 27.3. The van der Waals surface area contributed by atoms with E-state index in [9.17, 15) is 19.8 Å². The summed E-state index contributed by atoms with van der Waals surface area (Å²) in [5.74, 6) is -1.13. The van der Waals surface area contributed by atoms with Crippen molar-refractivity contribution in [2.75, 3.05) is 16.4 Å². The number of hydrogen-bond acceptors (Lipinski definition) is 7. The standard InChI is InChI=1S/C39H39N5O5/c1-24-35(38(2,3)48)33(17-19-42-23-27(18-20-45)40-41-42)49-39(24)30-21-28(15-16-31(30)43(37(39)47)22-25-9-5-4-6-10-25)44-32-14-8-12-26-11-7-13-29(34(26)32)36(44)46/h4-16,21,23-24,33,35,45,48H,17-20,22H2,1-3H3/t24-,33+,35-,39+/m1/s1. The van der Waals surface area contributed by atoms with Crippen LogP contribution in [0.2, 0.25) is 0 Å². The van der Waals surface area contributed by atoms with E-state index in [1.54, 1.807) is 34.5 Å². The fourth-order valence-electron chi connectivity index (χ4n) is 8.51. The van der Waals surface area contributed by atoms with Gasteiger partial charge >= 0.3 is 0 Å². The third-order valence-corrected chi connectivity index (χ3v) is 10.6. The summed E-state index contributed by atoms with van der Waals surface area (Å²) in [5.41, 5.74) is 2.62. The van der Waals surface area contributed by atoms with Gasteiger partial charge in [0.05, 0.1) is 40.9 Å². The average Bonchev–Trinajstić information content (AvgIpc) is 3.80. The Hall–Kier alpha value is -4.90. The molecule has 4 atom stereocenters. The van der Waals surface area contributed by atoms with Crippen LogP contribution in [0, 0.1) is 11.8 Å². The van der Waals surface area contributed by atoms with Crippen molar-refractivity contribution in [1.29, 1.82) is 0 Å². The zero-order chi connectivity index (χ0) is 34.1. The van der Waals surface area contributed by atoms with Crippen LogP contribution in [0.15, 0.2) is 91.1 Å². The number of aliphatic hydroxyl groups is 2. The predicted octanol–water partition coefficient (Wildman–Crippen LogP) is 5.51. The molecule has 250 valence electrons. The van der Waals surface area contributed by atoms with E-state index in [2.05, 4.69) is 10.3 Å². The van der Waals surface area contributed by atoms with E-state index in [4.69, 9.17) is 4.74 Å². The van der Waals surface area contributed by atoms with E-state index < -0.39 is 29.1 Å². The number of aryl methyl sites for hydroxylation is 1. The van der Waals surface area contributed by atoms with E-state index in [1.165, 1.54) is 0 Å². The first kappa shape index (κ1) is 31.4.